The molecular weight excluding hydrogens is 394 g/mol. The number of carbonyl (C=O) groups is 2. The first kappa shape index (κ1) is 21.0. The van der Waals surface area contributed by atoms with Crippen LogP contribution in [0.2, 0.25) is 5.02 Å². The highest BCUT2D eigenvalue weighted by Crippen LogP contribution is 2.25. The van der Waals surface area contributed by atoms with Crippen molar-refractivity contribution in [3.8, 4) is 0 Å². The van der Waals surface area contributed by atoms with Crippen LogP contribution >= 0.6 is 11.6 Å². The average molecular weight is 418 g/mol. The minimum absolute atomic E-state index is 0.0641. The van der Waals surface area contributed by atoms with Gasteiger partial charge >= 0.3 is 5.97 Å². The van der Waals surface area contributed by atoms with Gasteiger partial charge in [0.05, 0.1) is 7.11 Å². The van der Waals surface area contributed by atoms with Crippen molar-refractivity contribution in [3.63, 3.8) is 0 Å². The third kappa shape index (κ3) is 5.65. The van der Waals surface area contributed by atoms with Gasteiger partial charge in [0, 0.05) is 56.6 Å². The van der Waals surface area contributed by atoms with Gasteiger partial charge in [-0.15, -0.1) is 0 Å². The van der Waals surface area contributed by atoms with Crippen LogP contribution in [0.3, 0.4) is 0 Å². The number of anilines is 1. The van der Waals surface area contributed by atoms with Crippen molar-refractivity contribution < 1.29 is 14.3 Å². The van der Waals surface area contributed by atoms with Crippen LogP contribution in [-0.2, 0) is 14.3 Å². The number of halogens is 1. The number of nitrogens with zero attached hydrogens (tertiary/aromatic N) is 4. The number of amides is 1. The van der Waals surface area contributed by atoms with E-state index in [2.05, 4.69) is 15.3 Å². The molecule has 0 radical (unpaired) electrons. The van der Waals surface area contributed by atoms with E-state index in [4.69, 9.17) is 16.3 Å². The molecular formula is C20H24ClN5O3. The van der Waals surface area contributed by atoms with Crippen LogP contribution in [0, 0.1) is 0 Å². The molecule has 2 heterocycles. The summed E-state index contributed by atoms with van der Waals surface area (Å²) >= 11 is 5.96. The minimum Gasteiger partial charge on any atom is -0.468 e. The molecule has 0 spiro atoms. The molecule has 0 aliphatic carbocycles. The molecule has 1 atom stereocenters. The molecule has 0 bridgehead atoms. The lowest BCUT2D eigenvalue weighted by Gasteiger charge is -2.38. The number of esters is 1. The van der Waals surface area contributed by atoms with Crippen LogP contribution in [0.5, 0.6) is 0 Å². The second-order valence-corrected chi connectivity index (χ2v) is 7.08. The second-order valence-electron chi connectivity index (χ2n) is 6.64. The third-order valence-electron chi connectivity index (χ3n) is 4.83. The van der Waals surface area contributed by atoms with Crippen LogP contribution < -0.4 is 5.32 Å². The van der Waals surface area contributed by atoms with E-state index in [9.17, 15) is 9.59 Å². The first-order chi connectivity index (χ1) is 14.1. The summed E-state index contributed by atoms with van der Waals surface area (Å²) < 4.78 is 5.01. The Bertz CT molecular complexity index is 811. The smallest absolute Gasteiger partial charge is 0.327 e. The first-order valence-electron chi connectivity index (χ1n) is 9.44. The van der Waals surface area contributed by atoms with Crippen molar-refractivity contribution in [1.29, 1.82) is 0 Å². The van der Waals surface area contributed by atoms with Crippen molar-refractivity contribution in [3.05, 3.63) is 53.3 Å². The second kappa shape index (κ2) is 10.2. The molecule has 9 heteroatoms. The van der Waals surface area contributed by atoms with Gasteiger partial charge in [-0.1, -0.05) is 23.7 Å². The standard InChI is InChI=1S/C20H24ClN5O3/c1-29-19(28)18(15-3-5-16(21)6-4-15)26-13-11-25(12-14-26)17(27)7-10-24-20-22-8-2-9-23-20/h2-6,8-9,18H,7,10-14H2,1H3,(H,22,23,24)/t18-/m0/s1. The summed E-state index contributed by atoms with van der Waals surface area (Å²) in [6.07, 6.45) is 3.65. The number of aromatic nitrogens is 2. The number of piperazine rings is 1. The minimum atomic E-state index is -0.508. The van der Waals surface area contributed by atoms with Crippen molar-refractivity contribution in [2.75, 3.05) is 45.2 Å². The summed E-state index contributed by atoms with van der Waals surface area (Å²) in [4.78, 5) is 36.9. The van der Waals surface area contributed by atoms with E-state index in [1.807, 2.05) is 21.9 Å². The molecule has 1 amide bonds. The highest BCUT2D eigenvalue weighted by Gasteiger charge is 2.32. The van der Waals surface area contributed by atoms with Crippen molar-refractivity contribution in [1.82, 2.24) is 19.8 Å². The van der Waals surface area contributed by atoms with Gasteiger partial charge in [-0.3, -0.25) is 9.69 Å². The molecule has 0 saturated carbocycles. The third-order valence-corrected chi connectivity index (χ3v) is 5.08. The Kier molecular flexibility index (Phi) is 7.37. The molecule has 8 nitrogen and oxygen atoms in total. The Morgan fingerprint density at radius 1 is 1.14 bits per heavy atom. The van der Waals surface area contributed by atoms with Gasteiger partial charge in [-0.25, -0.2) is 14.8 Å². The van der Waals surface area contributed by atoms with E-state index in [1.54, 1.807) is 30.6 Å². The Labute approximate surface area is 174 Å². The molecule has 29 heavy (non-hydrogen) atoms. The predicted octanol–water partition coefficient (Wildman–Crippen LogP) is 1.99. The van der Waals surface area contributed by atoms with Crippen LogP contribution in [0.25, 0.3) is 0 Å². The Hall–Kier alpha value is -2.71. The number of hydrogen-bond donors (Lipinski definition) is 1. The molecule has 1 aromatic carbocycles. The van der Waals surface area contributed by atoms with Gasteiger partial charge in [-0.05, 0) is 23.8 Å². The molecule has 1 saturated heterocycles. The Morgan fingerprint density at radius 2 is 1.79 bits per heavy atom. The lowest BCUT2D eigenvalue weighted by atomic mass is 10.0. The largest absolute Gasteiger partial charge is 0.468 e. The highest BCUT2D eigenvalue weighted by atomic mass is 35.5. The zero-order valence-corrected chi connectivity index (χ0v) is 17.0. The number of nitrogens with one attached hydrogen (secondary N) is 1. The Balaban J connectivity index is 1.53. The van der Waals surface area contributed by atoms with Gasteiger partial charge < -0.3 is 15.0 Å². The SMILES string of the molecule is COC(=O)[C@H](c1ccc(Cl)cc1)N1CCN(C(=O)CCNc2ncccn2)CC1. The number of benzene rings is 1. The summed E-state index contributed by atoms with van der Waals surface area (Å²) in [5.41, 5.74) is 0.827. The van der Waals surface area contributed by atoms with E-state index in [-0.39, 0.29) is 11.9 Å². The normalized spacial score (nSPS) is 15.6. The van der Waals surface area contributed by atoms with E-state index >= 15 is 0 Å². The van der Waals surface area contributed by atoms with Gasteiger partial charge in [-0.2, -0.15) is 0 Å². The maximum Gasteiger partial charge on any atom is 0.327 e. The van der Waals surface area contributed by atoms with Gasteiger partial charge in [0.1, 0.15) is 6.04 Å². The molecule has 1 N–H and O–H groups in total. The molecule has 0 unspecified atom stereocenters. The molecule has 1 aromatic heterocycles. The number of rotatable bonds is 7. The molecule has 1 aliphatic heterocycles. The van der Waals surface area contributed by atoms with E-state index in [0.717, 1.165) is 5.56 Å². The fraction of sp³-hybridized carbons (Fsp3) is 0.400. The number of ether oxygens (including phenoxy) is 1. The summed E-state index contributed by atoms with van der Waals surface area (Å²) in [7, 11) is 1.38. The van der Waals surface area contributed by atoms with Gasteiger partial charge in [0.2, 0.25) is 11.9 Å². The topological polar surface area (TPSA) is 87.7 Å². The highest BCUT2D eigenvalue weighted by molar-refractivity contribution is 6.30. The first-order valence-corrected chi connectivity index (χ1v) is 9.82. The van der Waals surface area contributed by atoms with Crippen LogP contribution in [0.4, 0.5) is 5.95 Å². The van der Waals surface area contributed by atoms with Crippen molar-refractivity contribution in [2.45, 2.75) is 12.5 Å². The van der Waals surface area contributed by atoms with Crippen LogP contribution in [-0.4, -0.2) is 71.5 Å². The van der Waals surface area contributed by atoms with Gasteiger partial charge in [0.25, 0.3) is 0 Å². The lowest BCUT2D eigenvalue weighted by molar-refractivity contribution is -0.148. The molecule has 1 aliphatic rings. The molecule has 2 aromatic rings. The summed E-state index contributed by atoms with van der Waals surface area (Å²) in [6, 6.07) is 8.41. The van der Waals surface area contributed by atoms with Gasteiger partial charge in [0.15, 0.2) is 0 Å². The number of carbonyl (C=O) groups excluding carboxylic acids is 2. The maximum atomic E-state index is 12.5. The number of hydrogen-bond acceptors (Lipinski definition) is 7. The quantitative estimate of drug-likeness (QED) is 0.689. The predicted molar refractivity (Wildman–Crippen MR) is 110 cm³/mol. The van der Waals surface area contributed by atoms with Crippen LogP contribution in [0.15, 0.2) is 42.7 Å². The van der Waals surface area contributed by atoms with Crippen LogP contribution in [0.1, 0.15) is 18.0 Å². The monoisotopic (exact) mass is 417 g/mol. The number of methoxy groups -OCH3 is 1. The lowest BCUT2D eigenvalue weighted by Crippen LogP contribution is -2.51. The summed E-state index contributed by atoms with van der Waals surface area (Å²) in [5, 5.41) is 3.65. The molecule has 1 fully saturated rings. The zero-order chi connectivity index (χ0) is 20.6. The summed E-state index contributed by atoms with van der Waals surface area (Å²) in [5.74, 6) is 0.252. The fourth-order valence-electron chi connectivity index (χ4n) is 3.31. The summed E-state index contributed by atoms with van der Waals surface area (Å²) in [6.45, 7) is 2.76. The van der Waals surface area contributed by atoms with E-state index in [0.29, 0.717) is 50.1 Å². The van der Waals surface area contributed by atoms with Crippen molar-refractivity contribution >= 4 is 29.4 Å². The maximum absolute atomic E-state index is 12.5. The van der Waals surface area contributed by atoms with E-state index < -0.39 is 6.04 Å². The van der Waals surface area contributed by atoms with Crippen molar-refractivity contribution in [2.24, 2.45) is 0 Å². The Morgan fingerprint density at radius 3 is 2.41 bits per heavy atom. The van der Waals surface area contributed by atoms with E-state index in [1.165, 1.54) is 7.11 Å². The zero-order valence-electron chi connectivity index (χ0n) is 16.3. The molecule has 3 rings (SSSR count). The fourth-order valence-corrected chi connectivity index (χ4v) is 3.44. The average Bonchev–Trinajstić information content (AvgIpc) is 2.76. The molecule has 154 valence electrons.